The van der Waals surface area contributed by atoms with E-state index in [1.807, 2.05) is 47.8 Å². The van der Waals surface area contributed by atoms with Crippen LogP contribution >= 0.6 is 22.9 Å². The Bertz CT molecular complexity index is 850. The first-order valence-corrected chi connectivity index (χ1v) is 8.38. The molecule has 0 bridgehead atoms. The van der Waals surface area contributed by atoms with E-state index in [1.165, 1.54) is 0 Å². The molecule has 6 heteroatoms. The van der Waals surface area contributed by atoms with Crippen molar-refractivity contribution in [2.45, 2.75) is 6.54 Å². The third kappa shape index (κ3) is 2.98. The Labute approximate surface area is 142 Å². The van der Waals surface area contributed by atoms with Crippen LogP contribution in [0.4, 0.5) is 5.13 Å². The highest BCUT2D eigenvalue weighted by Gasteiger charge is 2.15. The molecule has 4 nitrogen and oxygen atoms in total. The van der Waals surface area contributed by atoms with Crippen molar-refractivity contribution < 1.29 is 9.47 Å². The van der Waals surface area contributed by atoms with Crippen molar-refractivity contribution in [3.63, 3.8) is 0 Å². The second kappa shape index (κ2) is 6.10. The fourth-order valence-electron chi connectivity index (χ4n) is 2.36. The van der Waals surface area contributed by atoms with E-state index in [4.69, 9.17) is 21.1 Å². The summed E-state index contributed by atoms with van der Waals surface area (Å²) in [6.45, 7) is 0.925. The summed E-state index contributed by atoms with van der Waals surface area (Å²) in [6, 6.07) is 13.6. The van der Waals surface area contributed by atoms with Crippen LogP contribution in [0.25, 0.3) is 11.3 Å². The molecule has 0 saturated carbocycles. The van der Waals surface area contributed by atoms with Crippen LogP contribution < -0.4 is 14.8 Å². The molecule has 1 aliphatic heterocycles. The van der Waals surface area contributed by atoms with Crippen molar-refractivity contribution in [2.24, 2.45) is 0 Å². The minimum Gasteiger partial charge on any atom is -0.454 e. The fraction of sp³-hybridized carbons (Fsp3) is 0.118. The summed E-state index contributed by atoms with van der Waals surface area (Å²) < 4.78 is 10.7. The van der Waals surface area contributed by atoms with E-state index in [0.29, 0.717) is 6.54 Å². The Morgan fingerprint density at radius 3 is 2.91 bits per heavy atom. The molecule has 3 aromatic rings. The zero-order valence-electron chi connectivity index (χ0n) is 12.1. The number of benzene rings is 2. The van der Waals surface area contributed by atoms with Gasteiger partial charge in [-0.15, -0.1) is 11.3 Å². The van der Waals surface area contributed by atoms with Crippen LogP contribution in [0.15, 0.2) is 47.8 Å². The number of anilines is 1. The number of fused-ring (bicyclic) bond motifs is 1. The minimum atomic E-state index is 0.278. The summed E-state index contributed by atoms with van der Waals surface area (Å²) in [5, 5.41) is 6.95. The SMILES string of the molecule is Clc1ccccc1CNc1nc(-c2ccc3c(c2)OCO3)cs1. The van der Waals surface area contributed by atoms with Gasteiger partial charge < -0.3 is 14.8 Å². The Balaban J connectivity index is 1.50. The lowest BCUT2D eigenvalue weighted by Crippen LogP contribution is -1.99. The van der Waals surface area contributed by atoms with E-state index in [1.54, 1.807) is 11.3 Å². The number of hydrogen-bond acceptors (Lipinski definition) is 5. The lowest BCUT2D eigenvalue weighted by molar-refractivity contribution is 0.174. The van der Waals surface area contributed by atoms with E-state index in [9.17, 15) is 0 Å². The van der Waals surface area contributed by atoms with Crippen molar-refractivity contribution in [3.05, 3.63) is 58.4 Å². The first kappa shape index (κ1) is 14.4. The van der Waals surface area contributed by atoms with Crippen molar-refractivity contribution in [1.82, 2.24) is 4.98 Å². The Morgan fingerprint density at radius 1 is 1.13 bits per heavy atom. The average molecular weight is 345 g/mol. The fourth-order valence-corrected chi connectivity index (χ4v) is 3.28. The number of thiazole rings is 1. The Hall–Kier alpha value is -2.24. The van der Waals surface area contributed by atoms with Crippen LogP contribution in [0.2, 0.25) is 5.02 Å². The molecule has 2 heterocycles. The predicted molar refractivity (Wildman–Crippen MR) is 92.5 cm³/mol. The Morgan fingerprint density at radius 2 is 2.00 bits per heavy atom. The molecule has 0 amide bonds. The number of nitrogens with zero attached hydrogens (tertiary/aromatic N) is 1. The molecule has 0 atom stereocenters. The Kier molecular flexibility index (Phi) is 3.81. The average Bonchev–Trinajstić information content (AvgIpc) is 3.22. The molecular formula is C17H13ClN2O2S. The molecule has 1 N–H and O–H groups in total. The monoisotopic (exact) mass is 344 g/mol. The first-order chi connectivity index (χ1) is 11.3. The van der Waals surface area contributed by atoms with Gasteiger partial charge in [-0.3, -0.25) is 0 Å². The molecule has 0 aliphatic carbocycles. The maximum absolute atomic E-state index is 6.16. The quantitative estimate of drug-likeness (QED) is 0.738. The number of halogens is 1. The van der Waals surface area contributed by atoms with Crippen molar-refractivity contribution in [1.29, 1.82) is 0 Å². The summed E-state index contributed by atoms with van der Waals surface area (Å²) in [5.41, 5.74) is 2.97. The summed E-state index contributed by atoms with van der Waals surface area (Å²) in [6.07, 6.45) is 0. The van der Waals surface area contributed by atoms with Crippen LogP contribution in [0.3, 0.4) is 0 Å². The minimum absolute atomic E-state index is 0.278. The number of aromatic nitrogens is 1. The second-order valence-corrected chi connectivity index (χ2v) is 6.32. The van der Waals surface area contributed by atoms with Gasteiger partial charge in [0.15, 0.2) is 16.6 Å². The predicted octanol–water partition coefficient (Wildman–Crippen LogP) is 4.80. The molecule has 0 fully saturated rings. The smallest absolute Gasteiger partial charge is 0.231 e. The largest absolute Gasteiger partial charge is 0.454 e. The molecule has 4 rings (SSSR count). The molecule has 2 aromatic carbocycles. The summed E-state index contributed by atoms with van der Waals surface area (Å²) in [7, 11) is 0. The van der Waals surface area contributed by atoms with Gasteiger partial charge >= 0.3 is 0 Å². The molecular weight excluding hydrogens is 332 g/mol. The van der Waals surface area contributed by atoms with Crippen molar-refractivity contribution in [2.75, 3.05) is 12.1 Å². The molecule has 0 unspecified atom stereocenters. The molecule has 1 aliphatic rings. The van der Waals surface area contributed by atoms with E-state index in [2.05, 4.69) is 10.3 Å². The zero-order chi connectivity index (χ0) is 15.6. The van der Waals surface area contributed by atoms with Gasteiger partial charge in [0, 0.05) is 22.5 Å². The maximum atomic E-state index is 6.16. The molecule has 23 heavy (non-hydrogen) atoms. The highest BCUT2D eigenvalue weighted by Crippen LogP contribution is 2.36. The van der Waals surface area contributed by atoms with Crippen LogP contribution in [-0.4, -0.2) is 11.8 Å². The molecule has 0 radical (unpaired) electrons. The third-order valence-corrected chi connectivity index (χ3v) is 4.73. The number of ether oxygens (including phenoxy) is 2. The van der Waals surface area contributed by atoms with E-state index < -0.39 is 0 Å². The lowest BCUT2D eigenvalue weighted by Gasteiger charge is -2.04. The van der Waals surface area contributed by atoms with Crippen LogP contribution in [-0.2, 0) is 6.54 Å². The molecule has 0 saturated heterocycles. The normalized spacial score (nSPS) is 12.4. The van der Waals surface area contributed by atoms with E-state index in [0.717, 1.165) is 38.5 Å². The summed E-state index contributed by atoms with van der Waals surface area (Å²) >= 11 is 7.73. The second-order valence-electron chi connectivity index (χ2n) is 5.05. The van der Waals surface area contributed by atoms with Crippen LogP contribution in [0.5, 0.6) is 11.5 Å². The van der Waals surface area contributed by atoms with Crippen LogP contribution in [0.1, 0.15) is 5.56 Å². The zero-order valence-corrected chi connectivity index (χ0v) is 13.7. The number of nitrogens with one attached hydrogen (secondary N) is 1. The van der Waals surface area contributed by atoms with Gasteiger partial charge in [0.05, 0.1) is 5.69 Å². The first-order valence-electron chi connectivity index (χ1n) is 7.12. The van der Waals surface area contributed by atoms with Gasteiger partial charge in [-0.1, -0.05) is 29.8 Å². The topological polar surface area (TPSA) is 43.4 Å². The lowest BCUT2D eigenvalue weighted by atomic mass is 10.1. The molecule has 116 valence electrons. The van der Waals surface area contributed by atoms with Gasteiger partial charge in [0.25, 0.3) is 0 Å². The maximum Gasteiger partial charge on any atom is 0.231 e. The standard InChI is InChI=1S/C17H13ClN2O2S/c18-13-4-2-1-3-12(13)8-19-17-20-14(9-23-17)11-5-6-15-16(7-11)22-10-21-15/h1-7,9H,8,10H2,(H,19,20). The number of rotatable bonds is 4. The van der Waals surface area contributed by atoms with Crippen molar-refractivity contribution >= 4 is 28.1 Å². The third-order valence-electron chi connectivity index (χ3n) is 3.56. The van der Waals surface area contributed by atoms with Gasteiger partial charge in [-0.2, -0.15) is 0 Å². The van der Waals surface area contributed by atoms with E-state index in [-0.39, 0.29) is 6.79 Å². The van der Waals surface area contributed by atoms with E-state index >= 15 is 0 Å². The molecule has 1 aromatic heterocycles. The highest BCUT2D eigenvalue weighted by atomic mass is 35.5. The summed E-state index contributed by atoms with van der Waals surface area (Å²) in [4.78, 5) is 4.62. The van der Waals surface area contributed by atoms with Crippen LogP contribution in [0, 0.1) is 0 Å². The van der Waals surface area contributed by atoms with Crippen molar-refractivity contribution in [3.8, 4) is 22.8 Å². The highest BCUT2D eigenvalue weighted by molar-refractivity contribution is 7.14. The summed E-state index contributed by atoms with van der Waals surface area (Å²) in [5.74, 6) is 1.54. The van der Waals surface area contributed by atoms with Gasteiger partial charge in [0.1, 0.15) is 0 Å². The molecule has 0 spiro atoms. The van der Waals surface area contributed by atoms with Gasteiger partial charge in [-0.25, -0.2) is 4.98 Å². The van der Waals surface area contributed by atoms with Gasteiger partial charge in [0.2, 0.25) is 6.79 Å². The van der Waals surface area contributed by atoms with Gasteiger partial charge in [-0.05, 0) is 29.8 Å². The number of hydrogen-bond donors (Lipinski definition) is 1.